The van der Waals surface area contributed by atoms with Crippen molar-refractivity contribution in [1.82, 2.24) is 9.55 Å². The second-order valence-electron chi connectivity index (χ2n) is 9.51. The van der Waals surface area contributed by atoms with Gasteiger partial charge in [0.25, 0.3) is 0 Å². The molecule has 0 N–H and O–H groups in total. The average Bonchev–Trinajstić information content (AvgIpc) is 3.35. The molecule has 38 heavy (non-hydrogen) atoms. The summed E-state index contributed by atoms with van der Waals surface area (Å²) < 4.78 is 20.6. The van der Waals surface area contributed by atoms with Gasteiger partial charge in [-0.3, -0.25) is 9.00 Å². The zero-order chi connectivity index (χ0) is 26.9. The molecule has 1 heterocycles. The predicted octanol–water partition coefficient (Wildman–Crippen LogP) is 6.88. The molecule has 0 aliphatic carbocycles. The molecular formula is C32H34N2O3S. The second-order valence-corrected chi connectivity index (χ2v) is 11.0. The molecule has 0 aliphatic heterocycles. The molecule has 1 atom stereocenters. The fourth-order valence-electron chi connectivity index (χ4n) is 4.16. The standard InChI is InChI=1S/C32H34N2O3S/c1-4-18-34-23-33-21-29(34)22-38(36)32-16-9-26(10-17-32)20-30(35)13-8-25-6-5-7-28(19-25)27-11-14-31(15-12-27)37-24(2)3/h5-17,19,21,23-24H,4,18,20,22H2,1-3H3/b13-8+/t38-/m1/s1. The summed E-state index contributed by atoms with van der Waals surface area (Å²) in [6, 6.07) is 23.6. The number of carbonyl (C=O) groups is 1. The quantitative estimate of drug-likeness (QED) is 0.189. The number of allylic oxidation sites excluding steroid dienone is 1. The van der Waals surface area contributed by atoms with Crippen molar-refractivity contribution >= 4 is 22.7 Å². The Bertz CT molecular complexity index is 1400. The number of aryl methyl sites for hydroxylation is 1. The third-order valence-corrected chi connectivity index (χ3v) is 7.37. The molecule has 0 fully saturated rings. The Morgan fingerprint density at radius 1 is 1.03 bits per heavy atom. The molecule has 6 heteroatoms. The van der Waals surface area contributed by atoms with Crippen molar-refractivity contribution in [3.8, 4) is 16.9 Å². The highest BCUT2D eigenvalue weighted by atomic mass is 32.2. The number of hydrogen-bond donors (Lipinski definition) is 0. The molecule has 0 saturated carbocycles. The first-order valence-corrected chi connectivity index (χ1v) is 14.3. The smallest absolute Gasteiger partial charge is 0.160 e. The highest BCUT2D eigenvalue weighted by Gasteiger charge is 2.10. The molecule has 0 aliphatic rings. The number of hydrogen-bond acceptors (Lipinski definition) is 4. The van der Waals surface area contributed by atoms with Crippen molar-refractivity contribution < 1.29 is 13.7 Å². The van der Waals surface area contributed by atoms with E-state index in [-0.39, 0.29) is 11.9 Å². The number of ketones is 1. The number of carbonyl (C=O) groups excluding carboxylic acids is 1. The normalized spacial score (nSPS) is 12.2. The van der Waals surface area contributed by atoms with Crippen LogP contribution in [0.25, 0.3) is 17.2 Å². The minimum Gasteiger partial charge on any atom is -0.491 e. The minimum absolute atomic E-state index is 0.0166. The molecule has 0 saturated heterocycles. The van der Waals surface area contributed by atoms with Crippen LogP contribution in [-0.2, 0) is 34.3 Å². The Labute approximate surface area is 227 Å². The van der Waals surface area contributed by atoms with Crippen molar-refractivity contribution in [2.45, 2.75) is 56.9 Å². The van der Waals surface area contributed by atoms with E-state index in [0.717, 1.165) is 51.6 Å². The van der Waals surface area contributed by atoms with Gasteiger partial charge in [0.15, 0.2) is 5.78 Å². The Kier molecular flexibility index (Phi) is 9.44. The van der Waals surface area contributed by atoms with Crippen LogP contribution in [0.1, 0.15) is 44.0 Å². The van der Waals surface area contributed by atoms with Crippen LogP contribution in [-0.4, -0.2) is 25.6 Å². The fourth-order valence-corrected chi connectivity index (χ4v) is 5.27. The molecule has 0 unspecified atom stereocenters. The molecule has 1 aromatic heterocycles. The van der Waals surface area contributed by atoms with Crippen molar-refractivity contribution in [1.29, 1.82) is 0 Å². The van der Waals surface area contributed by atoms with Crippen molar-refractivity contribution in [3.05, 3.63) is 108 Å². The molecular weight excluding hydrogens is 492 g/mol. The van der Waals surface area contributed by atoms with E-state index in [1.807, 2.05) is 85.2 Å². The topological polar surface area (TPSA) is 61.2 Å². The summed E-state index contributed by atoms with van der Waals surface area (Å²) in [5.41, 5.74) is 5.00. The second kappa shape index (κ2) is 13.2. The Hall–Kier alpha value is -3.77. The van der Waals surface area contributed by atoms with Gasteiger partial charge in [-0.25, -0.2) is 4.98 Å². The van der Waals surface area contributed by atoms with Crippen LogP contribution in [0.2, 0.25) is 0 Å². The van der Waals surface area contributed by atoms with E-state index in [1.54, 1.807) is 18.6 Å². The number of benzene rings is 3. The molecule has 0 amide bonds. The maximum atomic E-state index is 12.8. The van der Waals surface area contributed by atoms with Crippen LogP contribution in [0.15, 0.2) is 96.3 Å². The van der Waals surface area contributed by atoms with E-state index >= 15 is 0 Å². The third-order valence-electron chi connectivity index (χ3n) is 6.01. The molecule has 4 rings (SSSR count). The summed E-state index contributed by atoms with van der Waals surface area (Å²) in [6.07, 6.45) is 8.48. The summed E-state index contributed by atoms with van der Waals surface area (Å²) in [4.78, 5) is 17.6. The SMILES string of the molecule is CCCn1cncc1C[S@@](=O)c1ccc(CC(=O)/C=C/c2cccc(-c3ccc(OC(C)C)cc3)c2)cc1. The molecule has 0 spiro atoms. The minimum atomic E-state index is -1.17. The summed E-state index contributed by atoms with van der Waals surface area (Å²) in [6.45, 7) is 6.99. The highest BCUT2D eigenvalue weighted by molar-refractivity contribution is 7.84. The van der Waals surface area contributed by atoms with E-state index < -0.39 is 10.8 Å². The summed E-state index contributed by atoms with van der Waals surface area (Å²) in [5.74, 6) is 1.29. The van der Waals surface area contributed by atoms with Gasteiger partial charge in [0, 0.05) is 24.1 Å². The lowest BCUT2D eigenvalue weighted by atomic mass is 10.0. The highest BCUT2D eigenvalue weighted by Crippen LogP contribution is 2.24. The Morgan fingerprint density at radius 2 is 1.79 bits per heavy atom. The van der Waals surface area contributed by atoms with Crippen molar-refractivity contribution in [3.63, 3.8) is 0 Å². The molecule has 4 aromatic rings. The largest absolute Gasteiger partial charge is 0.491 e. The van der Waals surface area contributed by atoms with E-state index in [2.05, 4.69) is 24.0 Å². The fraction of sp³-hybridized carbons (Fsp3) is 0.250. The van der Waals surface area contributed by atoms with E-state index in [1.165, 1.54) is 0 Å². The maximum Gasteiger partial charge on any atom is 0.160 e. The molecule has 0 bridgehead atoms. The van der Waals surface area contributed by atoms with Gasteiger partial charge in [0.1, 0.15) is 5.75 Å². The van der Waals surface area contributed by atoms with E-state index in [4.69, 9.17) is 4.74 Å². The van der Waals surface area contributed by atoms with Gasteiger partial charge in [0.05, 0.1) is 34.7 Å². The van der Waals surface area contributed by atoms with Crippen molar-refractivity contribution in [2.24, 2.45) is 0 Å². The van der Waals surface area contributed by atoms with Gasteiger partial charge in [-0.05, 0) is 78.9 Å². The first-order valence-electron chi connectivity index (χ1n) is 13.0. The Morgan fingerprint density at radius 3 is 2.50 bits per heavy atom. The van der Waals surface area contributed by atoms with Crippen LogP contribution in [0.4, 0.5) is 0 Å². The zero-order valence-corrected chi connectivity index (χ0v) is 23.0. The molecule has 196 valence electrons. The number of imidazole rings is 1. The average molecular weight is 527 g/mol. The first-order chi connectivity index (χ1) is 18.4. The number of ether oxygens (including phenoxy) is 1. The predicted molar refractivity (Wildman–Crippen MR) is 154 cm³/mol. The van der Waals surface area contributed by atoms with Gasteiger partial charge < -0.3 is 9.30 Å². The van der Waals surface area contributed by atoms with Crippen LogP contribution >= 0.6 is 0 Å². The van der Waals surface area contributed by atoms with Gasteiger partial charge in [-0.15, -0.1) is 0 Å². The molecule has 3 aromatic carbocycles. The van der Waals surface area contributed by atoms with E-state index in [0.29, 0.717) is 12.2 Å². The lowest BCUT2D eigenvalue weighted by Crippen LogP contribution is -2.05. The van der Waals surface area contributed by atoms with Crippen LogP contribution in [0.5, 0.6) is 5.75 Å². The maximum absolute atomic E-state index is 12.8. The van der Waals surface area contributed by atoms with Gasteiger partial charge in [0.2, 0.25) is 0 Å². The summed E-state index contributed by atoms with van der Waals surface area (Å²) in [7, 11) is -1.17. The van der Waals surface area contributed by atoms with Crippen molar-refractivity contribution in [2.75, 3.05) is 0 Å². The van der Waals surface area contributed by atoms with Crippen LogP contribution < -0.4 is 4.74 Å². The lowest BCUT2D eigenvalue weighted by molar-refractivity contribution is -0.113. The Balaban J connectivity index is 1.34. The molecule has 0 radical (unpaired) electrons. The summed E-state index contributed by atoms with van der Waals surface area (Å²) >= 11 is 0. The van der Waals surface area contributed by atoms with E-state index in [9.17, 15) is 9.00 Å². The number of aromatic nitrogens is 2. The van der Waals surface area contributed by atoms with Gasteiger partial charge in [-0.1, -0.05) is 55.5 Å². The lowest BCUT2D eigenvalue weighted by Gasteiger charge is -2.10. The van der Waals surface area contributed by atoms with Gasteiger partial charge in [-0.2, -0.15) is 0 Å². The zero-order valence-electron chi connectivity index (χ0n) is 22.2. The van der Waals surface area contributed by atoms with Crippen LogP contribution in [0.3, 0.4) is 0 Å². The monoisotopic (exact) mass is 526 g/mol. The number of rotatable bonds is 12. The van der Waals surface area contributed by atoms with Gasteiger partial charge >= 0.3 is 0 Å². The molecule has 5 nitrogen and oxygen atoms in total. The first kappa shape index (κ1) is 27.3. The van der Waals surface area contributed by atoms with Crippen LogP contribution in [0, 0.1) is 0 Å². The summed E-state index contributed by atoms with van der Waals surface area (Å²) in [5, 5.41) is 0. The third kappa shape index (κ3) is 7.62. The number of nitrogens with zero attached hydrogens (tertiary/aromatic N) is 2.